The van der Waals surface area contributed by atoms with Crippen LogP contribution in [-0.2, 0) is 18.4 Å². The average Bonchev–Trinajstić information content (AvgIpc) is 2.88. The molecule has 0 unspecified atom stereocenters. The van der Waals surface area contributed by atoms with Gasteiger partial charge in [0, 0.05) is 13.5 Å². The maximum absolute atomic E-state index is 12.0. The second kappa shape index (κ2) is 9.87. The van der Waals surface area contributed by atoms with Crippen LogP contribution in [0.1, 0.15) is 31.5 Å². The number of aryl methyl sites for hydroxylation is 1. The van der Waals surface area contributed by atoms with Crippen molar-refractivity contribution in [2.24, 2.45) is 13.0 Å². The van der Waals surface area contributed by atoms with Crippen molar-refractivity contribution in [3.8, 4) is 0 Å². The summed E-state index contributed by atoms with van der Waals surface area (Å²) in [6, 6.07) is 8.03. The molecule has 1 fully saturated rings. The van der Waals surface area contributed by atoms with E-state index in [9.17, 15) is 4.79 Å². The zero-order valence-corrected chi connectivity index (χ0v) is 15.6. The monoisotopic (exact) mass is 372 g/mol. The molecular formula is C17H26Cl2N4O. The maximum atomic E-state index is 12.0. The molecule has 134 valence electrons. The highest BCUT2D eigenvalue weighted by molar-refractivity contribution is 5.85. The molecule has 1 aliphatic heterocycles. The summed E-state index contributed by atoms with van der Waals surface area (Å²) in [6.07, 6.45) is 4.00. The number of nitrogens with zero attached hydrogens (tertiary/aromatic N) is 2. The van der Waals surface area contributed by atoms with Crippen molar-refractivity contribution >= 4 is 41.8 Å². The number of hydrogen-bond donors (Lipinski definition) is 2. The number of para-hydroxylation sites is 2. The first-order chi connectivity index (χ1) is 10.7. The molecule has 2 N–H and O–H groups in total. The first-order valence-electron chi connectivity index (χ1n) is 8.12. The van der Waals surface area contributed by atoms with Gasteiger partial charge in [0.25, 0.3) is 0 Å². The van der Waals surface area contributed by atoms with Crippen molar-refractivity contribution in [3.63, 3.8) is 0 Å². The van der Waals surface area contributed by atoms with Crippen molar-refractivity contribution in [2.75, 3.05) is 13.1 Å². The van der Waals surface area contributed by atoms with E-state index in [2.05, 4.69) is 15.6 Å². The van der Waals surface area contributed by atoms with E-state index in [0.717, 1.165) is 36.4 Å². The minimum absolute atomic E-state index is 0. The summed E-state index contributed by atoms with van der Waals surface area (Å²) in [6.45, 7) is 2.68. The minimum Gasteiger partial charge on any atom is -0.349 e. The number of nitrogens with one attached hydrogen (secondary N) is 2. The van der Waals surface area contributed by atoms with Gasteiger partial charge in [-0.1, -0.05) is 12.1 Å². The van der Waals surface area contributed by atoms with Crippen LogP contribution in [0.25, 0.3) is 11.0 Å². The zero-order chi connectivity index (χ0) is 15.4. The summed E-state index contributed by atoms with van der Waals surface area (Å²) in [7, 11) is 1.99. The lowest BCUT2D eigenvalue weighted by atomic mass is 9.93. The Bertz CT molecular complexity index is 653. The molecule has 5 nitrogen and oxygen atoms in total. The fourth-order valence-corrected chi connectivity index (χ4v) is 3.13. The SMILES string of the molecule is Cl.Cl.Cn1c(CNC(=O)CCC2CCNCC2)nc2ccccc21. The highest BCUT2D eigenvalue weighted by atomic mass is 35.5. The first-order valence-corrected chi connectivity index (χ1v) is 8.12. The van der Waals surface area contributed by atoms with Gasteiger partial charge in [-0.2, -0.15) is 0 Å². The molecule has 1 saturated heterocycles. The number of amides is 1. The molecule has 1 amide bonds. The largest absolute Gasteiger partial charge is 0.349 e. The van der Waals surface area contributed by atoms with Crippen LogP contribution < -0.4 is 10.6 Å². The molecule has 0 bridgehead atoms. The molecule has 1 aliphatic rings. The van der Waals surface area contributed by atoms with Gasteiger partial charge in [-0.25, -0.2) is 4.98 Å². The average molecular weight is 373 g/mol. The number of hydrogen-bond acceptors (Lipinski definition) is 3. The molecule has 0 aliphatic carbocycles. The third-order valence-corrected chi connectivity index (χ3v) is 4.56. The van der Waals surface area contributed by atoms with Crippen LogP contribution in [0.5, 0.6) is 0 Å². The molecule has 24 heavy (non-hydrogen) atoms. The third kappa shape index (κ3) is 5.10. The number of aromatic nitrogens is 2. The smallest absolute Gasteiger partial charge is 0.220 e. The van der Waals surface area contributed by atoms with Gasteiger partial charge >= 0.3 is 0 Å². The summed E-state index contributed by atoms with van der Waals surface area (Å²) in [4.78, 5) is 16.6. The Morgan fingerprint density at radius 3 is 2.71 bits per heavy atom. The molecule has 2 heterocycles. The van der Waals surface area contributed by atoms with Gasteiger partial charge in [-0.3, -0.25) is 4.79 Å². The Morgan fingerprint density at radius 1 is 1.29 bits per heavy atom. The first kappa shape index (κ1) is 20.7. The summed E-state index contributed by atoms with van der Waals surface area (Å²) < 4.78 is 2.04. The van der Waals surface area contributed by atoms with Crippen LogP contribution in [0.3, 0.4) is 0 Å². The number of carbonyl (C=O) groups excluding carboxylic acids is 1. The van der Waals surface area contributed by atoms with Crippen molar-refractivity contribution in [3.05, 3.63) is 30.1 Å². The molecule has 3 rings (SSSR count). The number of carbonyl (C=O) groups is 1. The van der Waals surface area contributed by atoms with Crippen LogP contribution in [0.15, 0.2) is 24.3 Å². The molecule has 0 radical (unpaired) electrons. The Morgan fingerprint density at radius 2 is 2.00 bits per heavy atom. The standard InChI is InChI=1S/C17H24N4O.2ClH/c1-21-15-5-3-2-4-14(15)20-16(21)12-19-17(22)7-6-13-8-10-18-11-9-13;;/h2-5,13,18H,6-12H2,1H3,(H,19,22);2*1H. The van der Waals surface area contributed by atoms with E-state index in [1.807, 2.05) is 35.9 Å². The van der Waals surface area contributed by atoms with E-state index in [1.54, 1.807) is 0 Å². The summed E-state index contributed by atoms with van der Waals surface area (Å²) in [5, 5.41) is 6.36. The van der Waals surface area contributed by atoms with Gasteiger partial charge in [-0.15, -0.1) is 24.8 Å². The molecule has 0 atom stereocenters. The predicted octanol–water partition coefficient (Wildman–Crippen LogP) is 2.81. The van der Waals surface area contributed by atoms with Crippen LogP contribution in [0, 0.1) is 5.92 Å². The Kier molecular flexibility index (Phi) is 8.53. The van der Waals surface area contributed by atoms with Crippen LogP contribution in [0.4, 0.5) is 0 Å². The van der Waals surface area contributed by atoms with Gasteiger partial charge in [0.15, 0.2) is 0 Å². The zero-order valence-electron chi connectivity index (χ0n) is 14.0. The fourth-order valence-electron chi connectivity index (χ4n) is 3.13. The minimum atomic E-state index is 0. The fraction of sp³-hybridized carbons (Fsp3) is 0.529. The van der Waals surface area contributed by atoms with Crippen LogP contribution in [-0.4, -0.2) is 28.5 Å². The number of piperidine rings is 1. The van der Waals surface area contributed by atoms with Gasteiger partial charge in [0.2, 0.25) is 5.91 Å². The van der Waals surface area contributed by atoms with Gasteiger partial charge < -0.3 is 15.2 Å². The van der Waals surface area contributed by atoms with Crippen molar-refractivity contribution in [1.29, 1.82) is 0 Å². The van der Waals surface area contributed by atoms with Crippen molar-refractivity contribution < 1.29 is 4.79 Å². The maximum Gasteiger partial charge on any atom is 0.220 e. The second-order valence-electron chi connectivity index (χ2n) is 6.08. The Labute approximate surface area is 155 Å². The van der Waals surface area contributed by atoms with Crippen molar-refractivity contribution in [1.82, 2.24) is 20.2 Å². The van der Waals surface area contributed by atoms with Crippen molar-refractivity contribution in [2.45, 2.75) is 32.2 Å². The normalized spacial score (nSPS) is 14.7. The van der Waals surface area contributed by atoms with Gasteiger partial charge in [-0.05, 0) is 50.4 Å². The molecule has 1 aromatic heterocycles. The molecular weight excluding hydrogens is 347 g/mol. The van der Waals surface area contributed by atoms with E-state index in [0.29, 0.717) is 18.9 Å². The lowest BCUT2D eigenvalue weighted by molar-refractivity contribution is -0.121. The van der Waals surface area contributed by atoms with E-state index >= 15 is 0 Å². The van der Waals surface area contributed by atoms with Gasteiger partial charge in [0.1, 0.15) is 5.82 Å². The van der Waals surface area contributed by atoms with E-state index in [-0.39, 0.29) is 30.7 Å². The molecule has 0 spiro atoms. The van der Waals surface area contributed by atoms with E-state index in [4.69, 9.17) is 0 Å². The lowest BCUT2D eigenvalue weighted by Crippen LogP contribution is -2.29. The number of benzene rings is 1. The number of imidazole rings is 1. The number of fused-ring (bicyclic) bond motifs is 1. The van der Waals surface area contributed by atoms with E-state index in [1.165, 1.54) is 12.8 Å². The second-order valence-corrected chi connectivity index (χ2v) is 6.08. The van der Waals surface area contributed by atoms with Gasteiger partial charge in [0.05, 0.1) is 17.6 Å². The summed E-state index contributed by atoms with van der Waals surface area (Å²) in [5.41, 5.74) is 2.07. The lowest BCUT2D eigenvalue weighted by Gasteiger charge is -2.22. The van der Waals surface area contributed by atoms with Crippen LogP contribution >= 0.6 is 24.8 Å². The Balaban J connectivity index is 0.00000144. The third-order valence-electron chi connectivity index (χ3n) is 4.56. The molecule has 2 aromatic rings. The quantitative estimate of drug-likeness (QED) is 0.848. The topological polar surface area (TPSA) is 59.0 Å². The molecule has 0 saturated carbocycles. The van der Waals surface area contributed by atoms with Crippen LogP contribution in [0.2, 0.25) is 0 Å². The number of halogens is 2. The molecule has 7 heteroatoms. The highest BCUT2D eigenvalue weighted by Crippen LogP contribution is 2.18. The summed E-state index contributed by atoms with van der Waals surface area (Å²) >= 11 is 0. The summed E-state index contributed by atoms with van der Waals surface area (Å²) in [5.74, 6) is 1.73. The van der Waals surface area contributed by atoms with E-state index < -0.39 is 0 Å². The Hall–Kier alpha value is -1.30. The highest BCUT2D eigenvalue weighted by Gasteiger charge is 2.15. The molecule has 1 aromatic carbocycles. The number of rotatable bonds is 5. The predicted molar refractivity (Wildman–Crippen MR) is 102 cm³/mol.